The minimum Gasteiger partial charge on any atom is -0.271 e. The van der Waals surface area contributed by atoms with Crippen LogP contribution in [0.5, 0.6) is 0 Å². The first-order valence-electron chi connectivity index (χ1n) is 6.65. The lowest BCUT2D eigenvalue weighted by molar-refractivity contribution is 0.634. The van der Waals surface area contributed by atoms with E-state index >= 15 is 0 Å². The van der Waals surface area contributed by atoms with E-state index in [9.17, 15) is 0 Å². The third-order valence-electron chi connectivity index (χ3n) is 3.29. The molecular weight excluding hydrogens is 380 g/mol. The largest absolute Gasteiger partial charge is 0.271 e. The monoisotopic (exact) mass is 396 g/mol. The Kier molecular flexibility index (Phi) is 5.78. The molecule has 0 spiro atoms. The molecule has 0 saturated carbocycles. The van der Waals surface area contributed by atoms with Gasteiger partial charge in [0, 0.05) is 8.95 Å². The van der Waals surface area contributed by atoms with Gasteiger partial charge in [0.2, 0.25) is 0 Å². The number of hydrogen-bond acceptors (Lipinski definition) is 2. The highest BCUT2D eigenvalue weighted by molar-refractivity contribution is 9.11. The maximum atomic E-state index is 5.77. The van der Waals surface area contributed by atoms with Crippen LogP contribution in [-0.4, -0.2) is 0 Å². The van der Waals surface area contributed by atoms with Crippen LogP contribution in [0.3, 0.4) is 0 Å². The van der Waals surface area contributed by atoms with E-state index in [-0.39, 0.29) is 6.04 Å². The van der Waals surface area contributed by atoms with Crippen molar-refractivity contribution < 1.29 is 0 Å². The van der Waals surface area contributed by atoms with E-state index in [1.807, 2.05) is 12.1 Å². The molecule has 3 N–H and O–H groups in total. The molecule has 106 valence electrons. The molecule has 2 nitrogen and oxygen atoms in total. The Balaban J connectivity index is 2.34. The van der Waals surface area contributed by atoms with Gasteiger partial charge >= 0.3 is 0 Å². The Morgan fingerprint density at radius 2 is 1.80 bits per heavy atom. The zero-order valence-corrected chi connectivity index (χ0v) is 14.5. The van der Waals surface area contributed by atoms with Gasteiger partial charge in [-0.2, -0.15) is 0 Å². The van der Waals surface area contributed by atoms with Crippen LogP contribution in [0.4, 0.5) is 0 Å². The van der Waals surface area contributed by atoms with Gasteiger partial charge in [0.15, 0.2) is 0 Å². The molecule has 1 unspecified atom stereocenters. The van der Waals surface area contributed by atoms with Crippen LogP contribution in [0.1, 0.15) is 36.1 Å². The molecule has 4 heteroatoms. The van der Waals surface area contributed by atoms with E-state index in [0.717, 1.165) is 32.9 Å². The second kappa shape index (κ2) is 7.36. The van der Waals surface area contributed by atoms with Crippen molar-refractivity contribution >= 4 is 31.9 Å². The summed E-state index contributed by atoms with van der Waals surface area (Å²) < 4.78 is 2.08. The van der Waals surface area contributed by atoms with Crippen molar-refractivity contribution in [3.8, 4) is 0 Å². The van der Waals surface area contributed by atoms with Crippen molar-refractivity contribution in [1.29, 1.82) is 0 Å². The highest BCUT2D eigenvalue weighted by Gasteiger charge is 2.15. The van der Waals surface area contributed by atoms with Crippen molar-refractivity contribution in [3.63, 3.8) is 0 Å². The first kappa shape index (κ1) is 15.7. The molecule has 0 aromatic heterocycles. The minimum atomic E-state index is -0.0300. The minimum absolute atomic E-state index is 0.0300. The normalized spacial score (nSPS) is 12.4. The number of nitrogens with one attached hydrogen (secondary N) is 1. The number of hydrogen-bond donors (Lipinski definition) is 2. The number of aryl methyl sites for hydroxylation is 1. The molecule has 0 radical (unpaired) electrons. The lowest BCUT2D eigenvalue weighted by Crippen LogP contribution is -2.29. The van der Waals surface area contributed by atoms with Gasteiger partial charge in [-0.3, -0.25) is 5.84 Å². The predicted octanol–water partition coefficient (Wildman–Crippen LogP) is 4.72. The Labute approximate surface area is 137 Å². The zero-order chi connectivity index (χ0) is 14.5. The van der Waals surface area contributed by atoms with Crippen LogP contribution >= 0.6 is 31.9 Å². The summed E-state index contributed by atoms with van der Waals surface area (Å²) in [5, 5.41) is 0. The number of benzene rings is 2. The number of nitrogens with two attached hydrogens (primary N) is 1. The molecule has 0 aliphatic rings. The van der Waals surface area contributed by atoms with Gasteiger partial charge in [0.05, 0.1) is 6.04 Å². The Hall–Kier alpha value is -0.680. The molecule has 2 aromatic rings. The van der Waals surface area contributed by atoms with Crippen LogP contribution in [-0.2, 0) is 6.42 Å². The average molecular weight is 398 g/mol. The molecule has 0 aliphatic carbocycles. The topological polar surface area (TPSA) is 38.0 Å². The van der Waals surface area contributed by atoms with E-state index in [0.29, 0.717) is 0 Å². The lowest BCUT2D eigenvalue weighted by atomic mass is 9.97. The summed E-state index contributed by atoms with van der Waals surface area (Å²) in [5.74, 6) is 5.77. The lowest BCUT2D eigenvalue weighted by Gasteiger charge is -2.19. The molecule has 2 aromatic carbocycles. The molecular formula is C16H18Br2N2. The average Bonchev–Trinajstić information content (AvgIpc) is 2.45. The summed E-state index contributed by atoms with van der Waals surface area (Å²) in [5.41, 5.74) is 6.54. The summed E-state index contributed by atoms with van der Waals surface area (Å²) in [6.45, 7) is 2.19. The summed E-state index contributed by atoms with van der Waals surface area (Å²) in [7, 11) is 0. The number of hydrazine groups is 1. The van der Waals surface area contributed by atoms with Gasteiger partial charge in [-0.15, -0.1) is 0 Å². The van der Waals surface area contributed by atoms with Crippen molar-refractivity contribution in [2.24, 2.45) is 5.84 Å². The van der Waals surface area contributed by atoms with E-state index in [1.165, 1.54) is 5.56 Å². The van der Waals surface area contributed by atoms with Gasteiger partial charge in [-0.1, -0.05) is 69.5 Å². The molecule has 0 amide bonds. The quantitative estimate of drug-likeness (QED) is 0.565. The van der Waals surface area contributed by atoms with Gasteiger partial charge in [0.25, 0.3) is 0 Å². The molecule has 1 atom stereocenters. The van der Waals surface area contributed by atoms with Gasteiger partial charge < -0.3 is 0 Å². The van der Waals surface area contributed by atoms with Crippen LogP contribution in [0.25, 0.3) is 0 Å². The van der Waals surface area contributed by atoms with Crippen LogP contribution in [0.15, 0.2) is 51.4 Å². The highest BCUT2D eigenvalue weighted by Crippen LogP contribution is 2.30. The van der Waals surface area contributed by atoms with Gasteiger partial charge in [-0.05, 0) is 41.3 Å². The highest BCUT2D eigenvalue weighted by atomic mass is 79.9. The molecule has 0 aliphatic heterocycles. The summed E-state index contributed by atoms with van der Waals surface area (Å²) in [4.78, 5) is 0. The fraction of sp³-hybridized carbons (Fsp3) is 0.250. The fourth-order valence-corrected chi connectivity index (χ4v) is 3.12. The molecule has 0 saturated heterocycles. The number of halogens is 2. The Morgan fingerprint density at radius 3 is 2.40 bits per heavy atom. The fourth-order valence-electron chi connectivity index (χ4n) is 2.27. The molecule has 20 heavy (non-hydrogen) atoms. The first-order valence-corrected chi connectivity index (χ1v) is 8.24. The van der Waals surface area contributed by atoms with Crippen LogP contribution in [0.2, 0.25) is 0 Å². The van der Waals surface area contributed by atoms with E-state index in [2.05, 4.69) is 74.5 Å². The smallest absolute Gasteiger partial charge is 0.0721 e. The van der Waals surface area contributed by atoms with Gasteiger partial charge in [0.1, 0.15) is 0 Å². The molecule has 2 rings (SSSR count). The Morgan fingerprint density at radius 1 is 1.10 bits per heavy atom. The van der Waals surface area contributed by atoms with Crippen molar-refractivity contribution in [1.82, 2.24) is 5.43 Å². The maximum Gasteiger partial charge on any atom is 0.0721 e. The SMILES string of the molecule is CCCc1ccc(C(NN)c2cc(Br)ccc2Br)cc1. The van der Waals surface area contributed by atoms with Crippen LogP contribution < -0.4 is 11.3 Å². The van der Waals surface area contributed by atoms with E-state index in [4.69, 9.17) is 5.84 Å². The standard InChI is InChI=1S/C16H18Br2N2/c1-2-3-11-4-6-12(7-5-11)16(20-19)14-10-13(17)8-9-15(14)18/h4-10,16,20H,2-3,19H2,1H3. The van der Waals surface area contributed by atoms with Gasteiger partial charge in [-0.25, -0.2) is 5.43 Å². The van der Waals surface area contributed by atoms with Crippen LogP contribution in [0, 0.1) is 0 Å². The predicted molar refractivity (Wildman–Crippen MR) is 91.4 cm³/mol. The van der Waals surface area contributed by atoms with E-state index < -0.39 is 0 Å². The summed E-state index contributed by atoms with van der Waals surface area (Å²) in [6.07, 6.45) is 2.27. The summed E-state index contributed by atoms with van der Waals surface area (Å²) >= 11 is 7.10. The second-order valence-electron chi connectivity index (χ2n) is 4.76. The third kappa shape index (κ3) is 3.70. The van der Waals surface area contributed by atoms with Crippen molar-refractivity contribution in [3.05, 3.63) is 68.1 Å². The molecule has 0 bridgehead atoms. The second-order valence-corrected chi connectivity index (χ2v) is 6.53. The van der Waals surface area contributed by atoms with Crippen molar-refractivity contribution in [2.45, 2.75) is 25.8 Å². The van der Waals surface area contributed by atoms with Crippen molar-refractivity contribution in [2.75, 3.05) is 0 Å². The summed E-state index contributed by atoms with van der Waals surface area (Å²) in [6, 6.07) is 14.7. The molecule has 0 heterocycles. The molecule has 0 fully saturated rings. The zero-order valence-electron chi connectivity index (χ0n) is 11.4. The maximum absolute atomic E-state index is 5.77. The van der Waals surface area contributed by atoms with E-state index in [1.54, 1.807) is 0 Å². The Bertz CT molecular complexity index is 567. The number of rotatable bonds is 5. The third-order valence-corrected chi connectivity index (χ3v) is 4.50. The first-order chi connectivity index (χ1) is 9.65.